The molecule has 9 heteroatoms. The highest BCUT2D eigenvalue weighted by molar-refractivity contribution is 7.14. The number of carbonyl (C=O) groups is 2. The molecule has 1 aliphatic heterocycles. The van der Waals surface area contributed by atoms with Gasteiger partial charge in [-0.2, -0.15) is 0 Å². The Bertz CT molecular complexity index is 858. The molecule has 1 aromatic carbocycles. The quantitative estimate of drug-likeness (QED) is 0.788. The summed E-state index contributed by atoms with van der Waals surface area (Å²) in [6.45, 7) is 2.51. The second kappa shape index (κ2) is 7.99. The Morgan fingerprint density at radius 1 is 1.37 bits per heavy atom. The van der Waals surface area contributed by atoms with Crippen LogP contribution in [0.2, 0.25) is 0 Å². The largest absolute Gasteiger partial charge is 0.368 e. The number of hydrogen-bond donors (Lipinski definition) is 2. The molecule has 2 atom stereocenters. The molecule has 1 aromatic heterocycles. The molecule has 144 valence electrons. The zero-order valence-electron chi connectivity index (χ0n) is 14.7. The van der Waals surface area contributed by atoms with E-state index in [2.05, 4.69) is 10.3 Å². The van der Waals surface area contributed by atoms with Gasteiger partial charge in [-0.25, -0.2) is 13.8 Å². The third kappa shape index (κ3) is 4.24. The minimum Gasteiger partial charge on any atom is -0.368 e. The number of thiazole rings is 1. The van der Waals surface area contributed by atoms with Crippen LogP contribution in [0.25, 0.3) is 11.3 Å². The second-order valence-electron chi connectivity index (χ2n) is 6.49. The van der Waals surface area contributed by atoms with Crippen molar-refractivity contribution in [3.8, 4) is 11.3 Å². The molecule has 1 aliphatic rings. The van der Waals surface area contributed by atoms with Gasteiger partial charge < -0.3 is 16.0 Å². The van der Waals surface area contributed by atoms with E-state index in [9.17, 15) is 18.4 Å². The first-order valence-corrected chi connectivity index (χ1v) is 9.50. The minimum absolute atomic E-state index is 0.0229. The predicted molar refractivity (Wildman–Crippen MR) is 99.0 cm³/mol. The summed E-state index contributed by atoms with van der Waals surface area (Å²) in [4.78, 5) is 29.9. The number of hydrogen-bond acceptors (Lipinski definition) is 5. The number of anilines is 1. The molecule has 0 radical (unpaired) electrons. The van der Waals surface area contributed by atoms with E-state index < -0.39 is 23.6 Å². The molecule has 0 spiro atoms. The lowest BCUT2D eigenvalue weighted by Crippen LogP contribution is -2.45. The fourth-order valence-corrected chi connectivity index (χ4v) is 3.88. The number of halogens is 2. The Morgan fingerprint density at radius 2 is 2.15 bits per heavy atom. The molecule has 2 aromatic rings. The van der Waals surface area contributed by atoms with Crippen LogP contribution >= 0.6 is 11.3 Å². The number of nitrogens with zero attached hydrogens (tertiary/aromatic N) is 2. The molecule has 2 amide bonds. The molecule has 2 heterocycles. The van der Waals surface area contributed by atoms with Crippen LogP contribution in [0.3, 0.4) is 0 Å². The lowest BCUT2D eigenvalue weighted by molar-refractivity contribution is -0.135. The van der Waals surface area contributed by atoms with E-state index in [1.165, 1.54) is 22.3 Å². The Kier molecular flexibility index (Phi) is 5.69. The monoisotopic (exact) mass is 394 g/mol. The fourth-order valence-electron chi connectivity index (χ4n) is 3.16. The van der Waals surface area contributed by atoms with E-state index in [1.54, 1.807) is 5.38 Å². The summed E-state index contributed by atoms with van der Waals surface area (Å²) in [5, 5.41) is 5.09. The second-order valence-corrected chi connectivity index (χ2v) is 7.35. The van der Waals surface area contributed by atoms with Crippen LogP contribution in [0.5, 0.6) is 0 Å². The summed E-state index contributed by atoms with van der Waals surface area (Å²) in [7, 11) is 0. The summed E-state index contributed by atoms with van der Waals surface area (Å²) in [6.07, 6.45) is 1.47. The van der Waals surface area contributed by atoms with Crippen molar-refractivity contribution in [3.05, 3.63) is 35.2 Å². The van der Waals surface area contributed by atoms with Gasteiger partial charge in [0.05, 0.1) is 12.2 Å². The van der Waals surface area contributed by atoms with E-state index >= 15 is 0 Å². The molecule has 0 aliphatic carbocycles. The molecule has 3 rings (SSSR count). The Morgan fingerprint density at radius 3 is 2.81 bits per heavy atom. The van der Waals surface area contributed by atoms with Gasteiger partial charge >= 0.3 is 0 Å². The first kappa shape index (κ1) is 19.2. The number of nitrogens with one attached hydrogen (secondary N) is 1. The Hall–Kier alpha value is -2.55. The van der Waals surface area contributed by atoms with Gasteiger partial charge in [-0.15, -0.1) is 11.3 Å². The number of aromatic nitrogens is 1. The van der Waals surface area contributed by atoms with Crippen molar-refractivity contribution in [2.24, 2.45) is 11.7 Å². The summed E-state index contributed by atoms with van der Waals surface area (Å²) in [5.41, 5.74) is 6.35. The molecule has 27 heavy (non-hydrogen) atoms. The lowest BCUT2D eigenvalue weighted by Gasteiger charge is -2.22. The van der Waals surface area contributed by atoms with E-state index in [0.717, 1.165) is 18.6 Å². The van der Waals surface area contributed by atoms with Gasteiger partial charge in [-0.3, -0.25) is 9.59 Å². The highest BCUT2D eigenvalue weighted by Gasteiger charge is 2.37. The van der Waals surface area contributed by atoms with Crippen molar-refractivity contribution in [3.63, 3.8) is 0 Å². The fraction of sp³-hybridized carbons (Fsp3) is 0.389. The predicted octanol–water partition coefficient (Wildman–Crippen LogP) is 2.61. The van der Waals surface area contributed by atoms with Crippen molar-refractivity contribution in [2.45, 2.75) is 25.8 Å². The van der Waals surface area contributed by atoms with E-state index in [0.29, 0.717) is 29.4 Å². The smallest absolute Gasteiger partial charge is 0.242 e. The number of benzene rings is 1. The molecule has 1 unspecified atom stereocenters. The number of likely N-dealkylation sites (tertiary alicyclic amines) is 1. The van der Waals surface area contributed by atoms with Crippen molar-refractivity contribution < 1.29 is 18.4 Å². The van der Waals surface area contributed by atoms with Gasteiger partial charge in [0.15, 0.2) is 16.8 Å². The maximum absolute atomic E-state index is 13.4. The van der Waals surface area contributed by atoms with E-state index in [4.69, 9.17) is 5.73 Å². The maximum atomic E-state index is 13.4. The number of carbonyl (C=O) groups excluding carboxylic acids is 2. The van der Waals surface area contributed by atoms with E-state index in [1.807, 2.05) is 6.92 Å². The maximum Gasteiger partial charge on any atom is 0.242 e. The molecule has 3 N–H and O–H groups in total. The van der Waals surface area contributed by atoms with Crippen LogP contribution in [0.1, 0.15) is 19.8 Å². The molecular formula is C18H20F2N4O2S. The molecule has 1 saturated heterocycles. The van der Waals surface area contributed by atoms with Gasteiger partial charge in [0.25, 0.3) is 0 Å². The number of rotatable bonds is 6. The standard InChI is InChI=1S/C18H20F2N4O2S/c1-2-10-5-15(17(21)26)24(8-10)16(25)7-22-18-23-14(9-27-18)11-3-4-12(19)13(20)6-11/h3-4,6,9-10,15H,2,5,7-8H2,1H3,(H2,21,26)(H,22,23)/t10?,15-/m0/s1. The van der Waals surface area contributed by atoms with Crippen molar-refractivity contribution >= 4 is 28.3 Å². The van der Waals surface area contributed by atoms with Gasteiger partial charge in [0.2, 0.25) is 11.8 Å². The molecule has 6 nitrogen and oxygen atoms in total. The number of nitrogens with two attached hydrogens (primary N) is 1. The van der Waals surface area contributed by atoms with Crippen molar-refractivity contribution in [1.29, 1.82) is 0 Å². The first-order valence-electron chi connectivity index (χ1n) is 8.62. The zero-order chi connectivity index (χ0) is 19.6. The minimum atomic E-state index is -0.942. The normalized spacial score (nSPS) is 19.3. The van der Waals surface area contributed by atoms with Gasteiger partial charge in [-0.05, 0) is 30.5 Å². The summed E-state index contributed by atoms with van der Waals surface area (Å²) in [5.74, 6) is -2.31. The van der Waals surface area contributed by atoms with Crippen LogP contribution < -0.4 is 11.1 Å². The first-order chi connectivity index (χ1) is 12.9. The summed E-state index contributed by atoms with van der Waals surface area (Å²) in [6, 6.07) is 2.99. The molecular weight excluding hydrogens is 374 g/mol. The molecule has 0 saturated carbocycles. The van der Waals surface area contributed by atoms with Crippen molar-refractivity contribution in [2.75, 3.05) is 18.4 Å². The van der Waals surface area contributed by atoms with Crippen molar-refractivity contribution in [1.82, 2.24) is 9.88 Å². The summed E-state index contributed by atoms with van der Waals surface area (Å²) >= 11 is 1.25. The number of amides is 2. The van der Waals surface area contributed by atoms with Gasteiger partial charge in [0.1, 0.15) is 6.04 Å². The summed E-state index contributed by atoms with van der Waals surface area (Å²) < 4.78 is 26.4. The zero-order valence-corrected chi connectivity index (χ0v) is 15.6. The van der Waals surface area contributed by atoms with Crippen LogP contribution in [0.15, 0.2) is 23.6 Å². The van der Waals surface area contributed by atoms with E-state index in [-0.39, 0.29) is 18.4 Å². The van der Waals surface area contributed by atoms with Crippen LogP contribution in [0, 0.1) is 17.6 Å². The highest BCUT2D eigenvalue weighted by atomic mass is 32.1. The van der Waals surface area contributed by atoms with Crippen LogP contribution in [-0.2, 0) is 9.59 Å². The lowest BCUT2D eigenvalue weighted by atomic mass is 10.0. The molecule has 0 bridgehead atoms. The van der Waals surface area contributed by atoms with Crippen LogP contribution in [-0.4, -0.2) is 40.8 Å². The Labute approximate surface area is 159 Å². The topological polar surface area (TPSA) is 88.3 Å². The third-order valence-electron chi connectivity index (χ3n) is 4.72. The highest BCUT2D eigenvalue weighted by Crippen LogP contribution is 2.27. The Balaban J connectivity index is 1.63. The van der Waals surface area contributed by atoms with Crippen LogP contribution in [0.4, 0.5) is 13.9 Å². The molecule has 1 fully saturated rings. The average Bonchev–Trinajstić information content (AvgIpc) is 3.29. The number of primary amides is 1. The third-order valence-corrected chi connectivity index (χ3v) is 5.52. The van der Waals surface area contributed by atoms with Gasteiger partial charge in [0, 0.05) is 17.5 Å². The van der Waals surface area contributed by atoms with Gasteiger partial charge in [-0.1, -0.05) is 13.3 Å². The average molecular weight is 394 g/mol. The SMILES string of the molecule is CCC1C[C@@H](C(N)=O)N(C(=O)CNc2nc(-c3ccc(F)c(F)c3)cs2)C1.